The number of rotatable bonds is 6. The zero-order valence-electron chi connectivity index (χ0n) is 21.9. The van der Waals surface area contributed by atoms with Crippen LogP contribution in [0.2, 0.25) is 0 Å². The molecule has 4 rings (SSSR count). The molecule has 0 aliphatic heterocycles. The van der Waals surface area contributed by atoms with Crippen molar-refractivity contribution in [2.45, 2.75) is 83.6 Å². The number of carbonyl (C=O) groups is 3. The molecule has 0 heterocycles. The second-order valence-electron chi connectivity index (χ2n) is 11.0. The van der Waals surface area contributed by atoms with Crippen LogP contribution >= 0.6 is 0 Å². The highest BCUT2D eigenvalue weighted by atomic mass is 19.1. The van der Waals surface area contributed by atoms with E-state index >= 15 is 4.39 Å². The summed E-state index contributed by atoms with van der Waals surface area (Å²) < 4.78 is 28.4. The fourth-order valence-electron chi connectivity index (χ4n) is 7.58. The van der Waals surface area contributed by atoms with Crippen LogP contribution < -0.4 is 0 Å². The minimum Gasteiger partial charge on any atom is -0.457 e. The first-order chi connectivity index (χ1) is 17.0. The Kier molecular flexibility index (Phi) is 7.05. The van der Waals surface area contributed by atoms with Crippen LogP contribution in [-0.4, -0.2) is 59.6 Å². The number of fused-ring (bicyclic) bond motifs is 5. The van der Waals surface area contributed by atoms with Crippen molar-refractivity contribution in [2.75, 3.05) is 13.7 Å². The van der Waals surface area contributed by atoms with Crippen molar-refractivity contribution in [3.63, 3.8) is 0 Å². The molecule has 4 aliphatic rings. The van der Waals surface area contributed by atoms with Crippen molar-refractivity contribution in [1.29, 1.82) is 0 Å². The molecule has 0 amide bonds. The zero-order valence-corrected chi connectivity index (χ0v) is 21.9. The molecule has 36 heavy (non-hydrogen) atoms. The minimum atomic E-state index is -1.93. The first-order valence-corrected chi connectivity index (χ1v) is 13.1. The van der Waals surface area contributed by atoms with Gasteiger partial charge < -0.3 is 14.6 Å². The Hall–Kier alpha value is -2.35. The van der Waals surface area contributed by atoms with Gasteiger partial charge in [0.15, 0.2) is 17.9 Å². The maximum Gasteiger partial charge on any atom is 0.306 e. The molecule has 8 heteroatoms. The molecule has 8 atom stereocenters. The lowest BCUT2D eigenvalue weighted by Crippen LogP contribution is -2.66. The summed E-state index contributed by atoms with van der Waals surface area (Å²) in [5, 5.41) is 11.5. The van der Waals surface area contributed by atoms with E-state index < -0.39 is 64.9 Å². The normalized spacial score (nSPS) is 42.1. The number of alkyl halides is 1. The number of aliphatic hydroxyl groups is 1. The van der Waals surface area contributed by atoms with Crippen LogP contribution in [0.3, 0.4) is 0 Å². The van der Waals surface area contributed by atoms with Gasteiger partial charge in [-0.05, 0) is 50.7 Å². The van der Waals surface area contributed by atoms with Crippen molar-refractivity contribution in [2.24, 2.45) is 34.1 Å². The highest BCUT2D eigenvalue weighted by molar-refractivity contribution is 6.05. The van der Waals surface area contributed by atoms with Gasteiger partial charge in [-0.15, -0.1) is 0 Å². The molecule has 0 bridgehead atoms. The predicted molar refractivity (Wildman–Crippen MR) is 132 cm³/mol. The van der Waals surface area contributed by atoms with Gasteiger partial charge in [-0.1, -0.05) is 32.4 Å². The zero-order chi connectivity index (χ0) is 26.5. The van der Waals surface area contributed by atoms with Crippen molar-refractivity contribution < 1.29 is 33.4 Å². The van der Waals surface area contributed by atoms with Gasteiger partial charge in [-0.2, -0.15) is 0 Å². The van der Waals surface area contributed by atoms with E-state index in [4.69, 9.17) is 9.47 Å². The summed E-state index contributed by atoms with van der Waals surface area (Å²) in [6.45, 7) is 6.46. The lowest BCUT2D eigenvalue weighted by Gasteiger charge is -2.60. The average molecular weight is 504 g/mol. The minimum absolute atomic E-state index is 0.0160. The summed E-state index contributed by atoms with van der Waals surface area (Å²) in [6.07, 6.45) is 6.04. The number of ketones is 1. The third-order valence-electron chi connectivity index (χ3n) is 9.46. The topological polar surface area (TPSA) is 102 Å². The maximum atomic E-state index is 17.4. The summed E-state index contributed by atoms with van der Waals surface area (Å²) in [4.78, 5) is 42.2. The largest absolute Gasteiger partial charge is 0.457 e. The van der Waals surface area contributed by atoms with Gasteiger partial charge in [0.1, 0.15) is 0 Å². The molecule has 0 spiro atoms. The third kappa shape index (κ3) is 3.70. The molecule has 198 valence electrons. The number of halogens is 1. The first-order valence-electron chi connectivity index (χ1n) is 13.1. The number of ether oxygens (including phenoxy) is 2. The SMILES string of the molecule is CCC(=O)OCC(=O)[C@@]1(OC(=O)CC)C2C[C@H](O)[C@@]3(F)[C@@H](CCC4=CC(=NC)C=C[C@@]43C)[C@@H]2C[C@@H]1C. The molecule has 0 radical (unpaired) electrons. The molecule has 0 saturated heterocycles. The van der Waals surface area contributed by atoms with E-state index in [1.54, 1.807) is 20.9 Å². The van der Waals surface area contributed by atoms with Crippen LogP contribution in [0.4, 0.5) is 4.39 Å². The van der Waals surface area contributed by atoms with E-state index in [2.05, 4.69) is 4.99 Å². The number of nitrogens with zero attached hydrogens (tertiary/aromatic N) is 1. The van der Waals surface area contributed by atoms with Gasteiger partial charge in [0.05, 0.1) is 11.8 Å². The molecular formula is C28H38FNO6. The monoisotopic (exact) mass is 503 g/mol. The van der Waals surface area contributed by atoms with Gasteiger partial charge in [-0.25, -0.2) is 4.39 Å². The first kappa shape index (κ1) is 26.7. The molecule has 7 nitrogen and oxygen atoms in total. The third-order valence-corrected chi connectivity index (χ3v) is 9.46. The van der Waals surface area contributed by atoms with E-state index in [9.17, 15) is 19.5 Å². The van der Waals surface area contributed by atoms with Crippen molar-refractivity contribution in [3.8, 4) is 0 Å². The van der Waals surface area contributed by atoms with Crippen molar-refractivity contribution in [3.05, 3.63) is 23.8 Å². The standard InChI is InChI=1S/C28H38FNO6/c1-6-24(33)35-15-23(32)27(36-25(34)7-2)16(3)12-19-20-9-8-17-13-18(30-5)10-11-26(17,4)28(20,29)22(31)14-21(19)27/h10-11,13,16,19-22,31H,6-9,12,14-15H2,1-5H3/t16-,19-,20-,21?,22-,26-,27-,28-/m0/s1. The number of aliphatic imine (C=N–C) groups is 1. The smallest absolute Gasteiger partial charge is 0.306 e. The number of allylic oxidation sites excluding steroid dienone is 4. The number of Topliss-reactive ketones (excluding diaryl/α,β-unsaturated/α-hetero) is 1. The average Bonchev–Trinajstić information content (AvgIpc) is 3.14. The van der Waals surface area contributed by atoms with Crippen LogP contribution in [0.5, 0.6) is 0 Å². The molecule has 1 N–H and O–H groups in total. The lowest BCUT2D eigenvalue weighted by molar-refractivity contribution is -0.203. The molecule has 0 aromatic carbocycles. The quantitative estimate of drug-likeness (QED) is 0.551. The van der Waals surface area contributed by atoms with E-state index in [1.165, 1.54) is 0 Å². The Bertz CT molecular complexity index is 1040. The van der Waals surface area contributed by atoms with Crippen LogP contribution in [0.25, 0.3) is 0 Å². The van der Waals surface area contributed by atoms with Crippen molar-refractivity contribution in [1.82, 2.24) is 0 Å². The molecule has 1 unspecified atom stereocenters. The predicted octanol–water partition coefficient (Wildman–Crippen LogP) is 3.93. The summed E-state index contributed by atoms with van der Waals surface area (Å²) in [7, 11) is 1.70. The molecule has 4 aliphatic carbocycles. The highest BCUT2D eigenvalue weighted by Crippen LogP contribution is 2.67. The molecule has 0 aromatic heterocycles. The number of hydrogen-bond donors (Lipinski definition) is 1. The summed E-state index contributed by atoms with van der Waals surface area (Å²) in [6, 6.07) is 0. The number of carbonyl (C=O) groups excluding carboxylic acids is 3. The molecular weight excluding hydrogens is 465 g/mol. The molecule has 3 saturated carbocycles. The Morgan fingerprint density at radius 1 is 1.17 bits per heavy atom. The fraction of sp³-hybridized carbons (Fsp3) is 0.714. The Morgan fingerprint density at radius 3 is 2.50 bits per heavy atom. The molecule has 0 aromatic rings. The summed E-state index contributed by atoms with van der Waals surface area (Å²) in [5.41, 5.74) is -2.80. The van der Waals surface area contributed by atoms with Crippen LogP contribution in [0.15, 0.2) is 28.8 Å². The molecule has 3 fully saturated rings. The van der Waals surface area contributed by atoms with Gasteiger partial charge in [0.25, 0.3) is 0 Å². The Balaban J connectivity index is 1.74. The summed E-state index contributed by atoms with van der Waals surface area (Å²) >= 11 is 0. The second-order valence-corrected chi connectivity index (χ2v) is 11.0. The summed E-state index contributed by atoms with van der Waals surface area (Å²) in [5.74, 6) is -3.30. The van der Waals surface area contributed by atoms with E-state index in [-0.39, 0.29) is 25.2 Å². The second kappa shape index (κ2) is 9.51. The maximum absolute atomic E-state index is 17.4. The van der Waals surface area contributed by atoms with Crippen LogP contribution in [-0.2, 0) is 23.9 Å². The van der Waals surface area contributed by atoms with Gasteiger partial charge in [0, 0.05) is 43.1 Å². The number of esters is 2. The fourth-order valence-corrected chi connectivity index (χ4v) is 7.58. The highest BCUT2D eigenvalue weighted by Gasteiger charge is 2.72. The van der Waals surface area contributed by atoms with Crippen LogP contribution in [0, 0.1) is 29.1 Å². The van der Waals surface area contributed by atoms with E-state index in [0.717, 1.165) is 11.3 Å². The van der Waals surface area contributed by atoms with Gasteiger partial charge >= 0.3 is 11.9 Å². The van der Waals surface area contributed by atoms with E-state index in [1.807, 2.05) is 32.1 Å². The number of hydrogen-bond acceptors (Lipinski definition) is 7. The van der Waals surface area contributed by atoms with Gasteiger partial charge in [0.2, 0.25) is 5.78 Å². The van der Waals surface area contributed by atoms with Crippen LogP contribution in [0.1, 0.15) is 66.2 Å². The Labute approximate surface area is 212 Å². The van der Waals surface area contributed by atoms with Crippen molar-refractivity contribution >= 4 is 23.4 Å². The lowest BCUT2D eigenvalue weighted by atomic mass is 9.48. The number of aliphatic hydroxyl groups excluding tert-OH is 1. The van der Waals surface area contributed by atoms with E-state index in [0.29, 0.717) is 19.3 Å². The Morgan fingerprint density at radius 2 is 1.86 bits per heavy atom. The van der Waals surface area contributed by atoms with Gasteiger partial charge in [-0.3, -0.25) is 19.4 Å².